The van der Waals surface area contributed by atoms with Gasteiger partial charge in [0.1, 0.15) is 0 Å². The van der Waals surface area contributed by atoms with E-state index in [0.29, 0.717) is 12.0 Å². The van der Waals surface area contributed by atoms with Crippen LogP contribution in [0.1, 0.15) is 43.5 Å². The van der Waals surface area contributed by atoms with Gasteiger partial charge in [-0.15, -0.1) is 35.3 Å². The largest absolute Gasteiger partial charge is 0.357 e. The van der Waals surface area contributed by atoms with Crippen LogP contribution in [0.25, 0.3) is 0 Å². The van der Waals surface area contributed by atoms with E-state index in [-0.39, 0.29) is 24.0 Å². The van der Waals surface area contributed by atoms with Crippen molar-refractivity contribution in [2.75, 3.05) is 33.2 Å². The summed E-state index contributed by atoms with van der Waals surface area (Å²) in [4.78, 5) is 8.77. The molecule has 1 saturated heterocycles. The molecule has 6 heteroatoms. The van der Waals surface area contributed by atoms with Gasteiger partial charge in [-0.2, -0.15) is 0 Å². The molecule has 2 heterocycles. The number of nitrogens with zero attached hydrogens (tertiary/aromatic N) is 2. The molecule has 2 unspecified atom stereocenters. The minimum absolute atomic E-state index is 0. The van der Waals surface area contributed by atoms with Gasteiger partial charge in [0.2, 0.25) is 0 Å². The van der Waals surface area contributed by atoms with Gasteiger partial charge in [-0.05, 0) is 69.5 Å². The van der Waals surface area contributed by atoms with Crippen LogP contribution in [-0.4, -0.2) is 44.1 Å². The molecule has 1 aliphatic heterocycles. The van der Waals surface area contributed by atoms with E-state index in [1.54, 1.807) is 0 Å². The second-order valence-electron chi connectivity index (χ2n) is 6.89. The van der Waals surface area contributed by atoms with Crippen molar-refractivity contribution in [1.82, 2.24) is 15.5 Å². The zero-order valence-electron chi connectivity index (χ0n) is 14.8. The minimum atomic E-state index is 0. The van der Waals surface area contributed by atoms with Crippen LogP contribution < -0.4 is 10.6 Å². The quantitative estimate of drug-likeness (QED) is 0.385. The first-order valence-corrected chi connectivity index (χ1v) is 9.91. The van der Waals surface area contributed by atoms with Crippen molar-refractivity contribution in [3.63, 3.8) is 0 Å². The summed E-state index contributed by atoms with van der Waals surface area (Å²) in [7, 11) is 2.27. The molecule has 0 aromatic carbocycles. The van der Waals surface area contributed by atoms with Crippen LogP contribution in [0.3, 0.4) is 0 Å². The molecule has 2 aliphatic rings. The summed E-state index contributed by atoms with van der Waals surface area (Å²) in [5, 5.41) is 9.19. The Morgan fingerprint density at radius 1 is 1.33 bits per heavy atom. The zero-order chi connectivity index (χ0) is 16.1. The molecule has 3 rings (SSSR count). The van der Waals surface area contributed by atoms with Gasteiger partial charge in [0.05, 0.1) is 0 Å². The van der Waals surface area contributed by atoms with Crippen LogP contribution in [0.2, 0.25) is 0 Å². The van der Waals surface area contributed by atoms with Crippen LogP contribution in [-0.2, 0) is 0 Å². The lowest BCUT2D eigenvalue weighted by atomic mass is 9.88. The van der Waals surface area contributed by atoms with E-state index in [1.807, 2.05) is 11.3 Å². The molecule has 1 saturated carbocycles. The normalized spacial score (nSPS) is 25.2. The highest BCUT2D eigenvalue weighted by molar-refractivity contribution is 14.0. The first-order chi connectivity index (χ1) is 11.3. The number of piperidine rings is 1. The molecule has 0 spiro atoms. The van der Waals surface area contributed by atoms with Crippen molar-refractivity contribution in [3.8, 4) is 0 Å². The van der Waals surface area contributed by atoms with Gasteiger partial charge in [-0.25, -0.2) is 0 Å². The lowest BCUT2D eigenvalue weighted by Crippen LogP contribution is -2.45. The highest BCUT2D eigenvalue weighted by Gasteiger charge is 2.31. The zero-order valence-corrected chi connectivity index (χ0v) is 18.0. The van der Waals surface area contributed by atoms with Crippen LogP contribution in [0, 0.1) is 11.8 Å². The molecule has 0 bridgehead atoms. The summed E-state index contributed by atoms with van der Waals surface area (Å²) < 4.78 is 0. The van der Waals surface area contributed by atoms with Gasteiger partial charge in [0, 0.05) is 30.6 Å². The second kappa shape index (κ2) is 9.97. The Morgan fingerprint density at radius 2 is 2.17 bits per heavy atom. The molecule has 0 amide bonds. The number of halogens is 1. The van der Waals surface area contributed by atoms with Crippen molar-refractivity contribution in [1.29, 1.82) is 0 Å². The third kappa shape index (κ3) is 5.59. The SMILES string of the molecule is CCNC(=NCC1CC1)NCC1CCCN(C)C1c1cccs1.I. The predicted molar refractivity (Wildman–Crippen MR) is 115 cm³/mol. The average molecular weight is 462 g/mol. The summed E-state index contributed by atoms with van der Waals surface area (Å²) in [6.07, 6.45) is 5.30. The molecule has 1 aromatic rings. The number of guanidine groups is 1. The van der Waals surface area contributed by atoms with Crippen LogP contribution in [0.15, 0.2) is 22.5 Å². The minimum Gasteiger partial charge on any atom is -0.357 e. The highest BCUT2D eigenvalue weighted by Crippen LogP contribution is 2.36. The number of nitrogens with one attached hydrogen (secondary N) is 2. The Hall–Kier alpha value is -0.340. The molecule has 24 heavy (non-hydrogen) atoms. The first kappa shape index (κ1) is 20.0. The second-order valence-corrected chi connectivity index (χ2v) is 7.87. The maximum atomic E-state index is 4.75. The average Bonchev–Trinajstić information content (AvgIpc) is 3.23. The molecule has 4 nitrogen and oxygen atoms in total. The topological polar surface area (TPSA) is 39.7 Å². The molecule has 2 fully saturated rings. The molecule has 2 atom stereocenters. The number of thiophene rings is 1. The fraction of sp³-hybridized carbons (Fsp3) is 0.722. The third-order valence-corrected chi connectivity index (χ3v) is 5.87. The van der Waals surface area contributed by atoms with Gasteiger partial charge in [-0.3, -0.25) is 9.89 Å². The van der Waals surface area contributed by atoms with E-state index < -0.39 is 0 Å². The molecule has 2 N–H and O–H groups in total. The number of hydrogen-bond donors (Lipinski definition) is 2. The van der Waals surface area contributed by atoms with E-state index >= 15 is 0 Å². The Labute approximate surface area is 167 Å². The van der Waals surface area contributed by atoms with E-state index in [0.717, 1.165) is 31.5 Å². The lowest BCUT2D eigenvalue weighted by Gasteiger charge is -2.39. The molecular formula is C18H31IN4S. The smallest absolute Gasteiger partial charge is 0.191 e. The van der Waals surface area contributed by atoms with Crippen LogP contribution >= 0.6 is 35.3 Å². The number of hydrogen-bond acceptors (Lipinski definition) is 3. The van der Waals surface area contributed by atoms with Crippen molar-refractivity contribution < 1.29 is 0 Å². The van der Waals surface area contributed by atoms with Gasteiger partial charge in [0.25, 0.3) is 0 Å². The number of rotatable bonds is 6. The Morgan fingerprint density at radius 3 is 2.83 bits per heavy atom. The van der Waals surface area contributed by atoms with Gasteiger partial charge < -0.3 is 10.6 Å². The van der Waals surface area contributed by atoms with Gasteiger partial charge in [0.15, 0.2) is 5.96 Å². The lowest BCUT2D eigenvalue weighted by molar-refractivity contribution is 0.125. The fourth-order valence-corrected chi connectivity index (χ4v) is 4.46. The summed E-state index contributed by atoms with van der Waals surface area (Å²) in [5.41, 5.74) is 0. The Balaban J connectivity index is 0.00000208. The third-order valence-electron chi connectivity index (χ3n) is 4.92. The molecular weight excluding hydrogens is 431 g/mol. The maximum Gasteiger partial charge on any atom is 0.191 e. The van der Waals surface area contributed by atoms with Crippen molar-refractivity contribution >= 4 is 41.3 Å². The fourth-order valence-electron chi connectivity index (χ4n) is 3.47. The van der Waals surface area contributed by atoms with E-state index in [1.165, 1.54) is 37.1 Å². The highest BCUT2D eigenvalue weighted by atomic mass is 127. The summed E-state index contributed by atoms with van der Waals surface area (Å²) in [6.45, 7) is 6.25. The first-order valence-electron chi connectivity index (χ1n) is 9.03. The van der Waals surface area contributed by atoms with E-state index in [9.17, 15) is 0 Å². The molecule has 1 aromatic heterocycles. The van der Waals surface area contributed by atoms with Crippen molar-refractivity contribution in [3.05, 3.63) is 22.4 Å². The molecule has 1 aliphatic carbocycles. The summed E-state index contributed by atoms with van der Waals surface area (Å²) in [6, 6.07) is 5.01. The van der Waals surface area contributed by atoms with E-state index in [2.05, 4.69) is 47.0 Å². The Kier molecular flexibility index (Phi) is 8.30. The monoisotopic (exact) mass is 462 g/mol. The Bertz CT molecular complexity index is 501. The standard InChI is InChI=1S/C18H30N4S.HI/c1-3-19-18(20-12-14-8-9-14)21-13-15-6-4-10-22(2)17(15)16-7-5-11-23-16;/h5,7,11,14-15,17H,3-4,6,8-10,12-13H2,1-2H3,(H2,19,20,21);1H. The summed E-state index contributed by atoms with van der Waals surface area (Å²) in [5.74, 6) is 2.49. The maximum absolute atomic E-state index is 4.75. The van der Waals surface area contributed by atoms with Crippen molar-refractivity contribution in [2.45, 2.75) is 38.6 Å². The van der Waals surface area contributed by atoms with Crippen molar-refractivity contribution in [2.24, 2.45) is 16.8 Å². The molecule has 0 radical (unpaired) electrons. The number of aliphatic imine (C=N–C) groups is 1. The summed E-state index contributed by atoms with van der Waals surface area (Å²) >= 11 is 1.89. The van der Waals surface area contributed by atoms with Gasteiger partial charge >= 0.3 is 0 Å². The van der Waals surface area contributed by atoms with E-state index in [4.69, 9.17) is 4.99 Å². The van der Waals surface area contributed by atoms with Gasteiger partial charge in [-0.1, -0.05) is 6.07 Å². The number of likely N-dealkylation sites (tertiary alicyclic amines) is 1. The van der Waals surface area contributed by atoms with Crippen LogP contribution in [0.4, 0.5) is 0 Å². The predicted octanol–water partition coefficient (Wildman–Crippen LogP) is 3.71. The molecule has 136 valence electrons. The van der Waals surface area contributed by atoms with Crippen LogP contribution in [0.5, 0.6) is 0 Å².